The molecular formula is C14H23N5O9. The first kappa shape index (κ1) is 24.7. The third kappa shape index (κ3) is 9.44. The van der Waals surface area contributed by atoms with Gasteiger partial charge in [-0.3, -0.25) is 24.0 Å². The number of rotatable bonds is 12. The molecule has 4 amide bonds. The molecule has 14 heteroatoms. The minimum Gasteiger partial charge on any atom is -0.481 e. The van der Waals surface area contributed by atoms with Gasteiger partial charge in [-0.05, 0) is 6.92 Å². The average Bonchev–Trinajstić information content (AvgIpc) is 2.56. The standard InChI is InChI=1S/C14H23N5O9/c1-5(20)11(16)13(26)17-4-9(22)18-6(2-8(15)21)12(25)19-7(14(27)28)3-10(23)24/h5-7,11,20H,2-4,16H2,1H3,(H2,15,21)(H,17,26)(H,18,22)(H,19,25)(H,23,24)(H,27,28). The highest BCUT2D eigenvalue weighted by Crippen LogP contribution is 1.98. The normalized spacial score (nSPS) is 14.7. The van der Waals surface area contributed by atoms with Crippen LogP contribution in [0.15, 0.2) is 0 Å². The molecule has 0 fully saturated rings. The molecule has 0 spiro atoms. The Morgan fingerprint density at radius 2 is 1.50 bits per heavy atom. The summed E-state index contributed by atoms with van der Waals surface area (Å²) < 4.78 is 0. The molecule has 14 nitrogen and oxygen atoms in total. The van der Waals surface area contributed by atoms with Crippen LogP contribution in [0.3, 0.4) is 0 Å². The van der Waals surface area contributed by atoms with E-state index in [9.17, 15) is 33.9 Å². The number of carbonyl (C=O) groups excluding carboxylic acids is 4. The van der Waals surface area contributed by atoms with Gasteiger partial charge in [-0.1, -0.05) is 0 Å². The number of nitrogens with one attached hydrogen (secondary N) is 3. The summed E-state index contributed by atoms with van der Waals surface area (Å²) in [6, 6.07) is -4.71. The zero-order valence-electron chi connectivity index (χ0n) is 14.9. The number of hydrogen-bond acceptors (Lipinski definition) is 8. The van der Waals surface area contributed by atoms with Crippen molar-refractivity contribution in [2.24, 2.45) is 11.5 Å². The van der Waals surface area contributed by atoms with Gasteiger partial charge in [-0.15, -0.1) is 0 Å². The van der Waals surface area contributed by atoms with Crippen LogP contribution < -0.4 is 27.4 Å². The molecule has 0 saturated carbocycles. The van der Waals surface area contributed by atoms with E-state index in [4.69, 9.17) is 21.7 Å². The Kier molecular flexibility index (Phi) is 10.1. The maximum Gasteiger partial charge on any atom is 0.326 e. The van der Waals surface area contributed by atoms with E-state index < -0.39 is 79.2 Å². The number of aliphatic hydroxyl groups excluding tert-OH is 1. The molecule has 0 aliphatic carbocycles. The average molecular weight is 405 g/mol. The first-order chi connectivity index (χ1) is 12.8. The molecular weight excluding hydrogens is 382 g/mol. The molecule has 0 aromatic heterocycles. The van der Waals surface area contributed by atoms with Crippen molar-refractivity contribution in [1.29, 1.82) is 0 Å². The van der Waals surface area contributed by atoms with Crippen molar-refractivity contribution in [1.82, 2.24) is 16.0 Å². The van der Waals surface area contributed by atoms with Gasteiger partial charge in [0, 0.05) is 0 Å². The van der Waals surface area contributed by atoms with Gasteiger partial charge in [0.2, 0.25) is 23.6 Å². The molecule has 0 bridgehead atoms. The lowest BCUT2D eigenvalue weighted by Gasteiger charge is -2.20. The van der Waals surface area contributed by atoms with Gasteiger partial charge in [-0.25, -0.2) is 4.79 Å². The quantitative estimate of drug-likeness (QED) is 0.154. The lowest BCUT2D eigenvalue weighted by molar-refractivity contribution is -0.147. The molecule has 0 radical (unpaired) electrons. The van der Waals surface area contributed by atoms with Crippen LogP contribution in [0.2, 0.25) is 0 Å². The van der Waals surface area contributed by atoms with E-state index in [1.54, 1.807) is 0 Å². The van der Waals surface area contributed by atoms with Crippen molar-refractivity contribution in [3.8, 4) is 0 Å². The third-order valence-electron chi connectivity index (χ3n) is 3.30. The highest BCUT2D eigenvalue weighted by molar-refractivity contribution is 5.95. The van der Waals surface area contributed by atoms with Crippen LogP contribution in [-0.4, -0.2) is 81.7 Å². The van der Waals surface area contributed by atoms with Gasteiger partial charge in [0.25, 0.3) is 0 Å². The summed E-state index contributed by atoms with van der Waals surface area (Å²) >= 11 is 0. The smallest absolute Gasteiger partial charge is 0.326 e. The first-order valence-corrected chi connectivity index (χ1v) is 7.89. The van der Waals surface area contributed by atoms with Gasteiger partial charge in [0.1, 0.15) is 18.1 Å². The Balaban J connectivity index is 4.97. The topological polar surface area (TPSA) is 251 Å². The summed E-state index contributed by atoms with van der Waals surface area (Å²) in [7, 11) is 0. The van der Waals surface area contributed by atoms with Crippen molar-refractivity contribution < 1.29 is 44.1 Å². The predicted molar refractivity (Wildman–Crippen MR) is 90.2 cm³/mol. The molecule has 4 atom stereocenters. The minimum absolute atomic E-state index is 0.667. The second-order valence-corrected chi connectivity index (χ2v) is 5.77. The van der Waals surface area contributed by atoms with Crippen LogP contribution in [0.4, 0.5) is 0 Å². The van der Waals surface area contributed by atoms with Crippen LogP contribution in [0.25, 0.3) is 0 Å². The fraction of sp³-hybridized carbons (Fsp3) is 0.571. The molecule has 4 unspecified atom stereocenters. The van der Waals surface area contributed by atoms with Gasteiger partial charge in [0.15, 0.2) is 0 Å². The van der Waals surface area contributed by atoms with E-state index in [0.717, 1.165) is 0 Å². The molecule has 0 rings (SSSR count). The molecule has 0 heterocycles. The zero-order valence-corrected chi connectivity index (χ0v) is 14.9. The summed E-state index contributed by atoms with van der Waals surface area (Å²) in [5.41, 5.74) is 10.3. The van der Waals surface area contributed by atoms with E-state index in [2.05, 4.69) is 10.6 Å². The summed E-state index contributed by atoms with van der Waals surface area (Å²) in [4.78, 5) is 68.3. The maximum absolute atomic E-state index is 12.1. The van der Waals surface area contributed by atoms with Crippen molar-refractivity contribution in [3.05, 3.63) is 0 Å². The Hall–Kier alpha value is -3.26. The monoisotopic (exact) mass is 405 g/mol. The number of amides is 4. The van der Waals surface area contributed by atoms with Crippen molar-refractivity contribution in [2.75, 3.05) is 6.54 Å². The van der Waals surface area contributed by atoms with Gasteiger partial charge >= 0.3 is 11.9 Å². The number of aliphatic carboxylic acids is 2. The lowest BCUT2D eigenvalue weighted by atomic mass is 10.1. The molecule has 0 aliphatic heterocycles. The Morgan fingerprint density at radius 3 is 1.93 bits per heavy atom. The van der Waals surface area contributed by atoms with E-state index in [0.29, 0.717) is 0 Å². The van der Waals surface area contributed by atoms with Crippen molar-refractivity contribution in [2.45, 2.75) is 44.0 Å². The van der Waals surface area contributed by atoms with Gasteiger partial charge in [0.05, 0.1) is 25.5 Å². The van der Waals surface area contributed by atoms with Crippen molar-refractivity contribution in [3.63, 3.8) is 0 Å². The largest absolute Gasteiger partial charge is 0.481 e. The van der Waals surface area contributed by atoms with Crippen LogP contribution in [0, 0.1) is 0 Å². The number of primary amides is 1. The van der Waals surface area contributed by atoms with Crippen LogP contribution in [0.5, 0.6) is 0 Å². The number of hydrogen-bond donors (Lipinski definition) is 8. The number of carboxylic acids is 2. The second kappa shape index (κ2) is 11.5. The number of nitrogens with two attached hydrogens (primary N) is 2. The fourth-order valence-corrected chi connectivity index (χ4v) is 1.81. The van der Waals surface area contributed by atoms with Gasteiger partial charge < -0.3 is 42.7 Å². The maximum atomic E-state index is 12.1. The molecule has 28 heavy (non-hydrogen) atoms. The van der Waals surface area contributed by atoms with Crippen molar-refractivity contribution >= 4 is 35.6 Å². The van der Waals surface area contributed by atoms with E-state index in [-0.39, 0.29) is 0 Å². The fourth-order valence-electron chi connectivity index (χ4n) is 1.81. The predicted octanol–water partition coefficient (Wildman–Crippen LogP) is -4.78. The number of aliphatic hydroxyl groups is 1. The number of carboxylic acid groups (broad SMARTS) is 2. The van der Waals surface area contributed by atoms with E-state index in [1.165, 1.54) is 6.92 Å². The molecule has 0 aromatic carbocycles. The minimum atomic E-state index is -1.80. The molecule has 0 saturated heterocycles. The summed E-state index contributed by atoms with van der Waals surface area (Å²) in [5.74, 6) is -7.11. The second-order valence-electron chi connectivity index (χ2n) is 5.77. The molecule has 0 aliphatic rings. The van der Waals surface area contributed by atoms with Gasteiger partial charge in [-0.2, -0.15) is 0 Å². The lowest BCUT2D eigenvalue weighted by Crippen LogP contribution is -2.55. The highest BCUT2D eigenvalue weighted by atomic mass is 16.4. The zero-order chi connectivity index (χ0) is 22.0. The Bertz CT molecular complexity index is 637. The Morgan fingerprint density at radius 1 is 0.929 bits per heavy atom. The van der Waals surface area contributed by atoms with Crippen LogP contribution in [-0.2, 0) is 28.8 Å². The van der Waals surface area contributed by atoms with E-state index in [1.807, 2.05) is 5.32 Å². The summed E-state index contributed by atoms with van der Waals surface area (Å²) in [6.45, 7) is 0.590. The Labute approximate surface area is 158 Å². The first-order valence-electron chi connectivity index (χ1n) is 7.89. The SMILES string of the molecule is CC(O)C(N)C(=O)NCC(=O)NC(CC(N)=O)C(=O)NC(CC(=O)O)C(=O)O. The molecule has 0 aromatic rings. The number of carbonyl (C=O) groups is 6. The molecule has 10 N–H and O–H groups in total. The van der Waals surface area contributed by atoms with Crippen LogP contribution >= 0.6 is 0 Å². The summed E-state index contributed by atoms with van der Waals surface area (Å²) in [5, 5.41) is 32.8. The summed E-state index contributed by atoms with van der Waals surface area (Å²) in [6.07, 6.45) is -2.83. The molecule has 158 valence electrons. The third-order valence-corrected chi connectivity index (χ3v) is 3.30. The highest BCUT2D eigenvalue weighted by Gasteiger charge is 2.29. The van der Waals surface area contributed by atoms with E-state index >= 15 is 0 Å². The van der Waals surface area contributed by atoms with Crippen LogP contribution in [0.1, 0.15) is 19.8 Å².